The summed E-state index contributed by atoms with van der Waals surface area (Å²) in [6, 6.07) is 7.58. The summed E-state index contributed by atoms with van der Waals surface area (Å²) < 4.78 is 5.26. The second-order valence-corrected chi connectivity index (χ2v) is 3.03. The van der Waals surface area contributed by atoms with E-state index < -0.39 is 0 Å². The summed E-state index contributed by atoms with van der Waals surface area (Å²) in [6.07, 6.45) is 3.98. The van der Waals surface area contributed by atoms with Crippen LogP contribution >= 0.6 is 0 Å². The molecule has 0 fully saturated rings. The van der Waals surface area contributed by atoms with E-state index in [9.17, 15) is 4.79 Å². The molecule has 0 aliphatic carbocycles. The first kappa shape index (κ1) is 11.3. The van der Waals surface area contributed by atoms with E-state index >= 15 is 0 Å². The summed E-state index contributed by atoms with van der Waals surface area (Å²) >= 11 is 0. The lowest BCUT2D eigenvalue weighted by atomic mass is 10.2. The number of allylic oxidation sites excluding steroid dienone is 1. The van der Waals surface area contributed by atoms with Gasteiger partial charge in [0.05, 0.1) is 0 Å². The van der Waals surface area contributed by atoms with Gasteiger partial charge in [-0.25, -0.2) is 0 Å². The number of carbonyl (C=O) groups is 1. The van der Waals surface area contributed by atoms with Crippen molar-refractivity contribution in [3.8, 4) is 5.75 Å². The SMILES string of the molecule is C/C=C/c1ccc(OCC(=O)NC)cc1. The van der Waals surface area contributed by atoms with Crippen LogP contribution < -0.4 is 10.1 Å². The molecule has 1 aromatic rings. The van der Waals surface area contributed by atoms with Crippen molar-refractivity contribution in [2.75, 3.05) is 13.7 Å². The van der Waals surface area contributed by atoms with Gasteiger partial charge in [0.1, 0.15) is 5.75 Å². The highest BCUT2D eigenvalue weighted by molar-refractivity contribution is 5.77. The van der Waals surface area contributed by atoms with Crippen LogP contribution in [0.15, 0.2) is 30.3 Å². The van der Waals surface area contributed by atoms with Crippen molar-refractivity contribution in [3.05, 3.63) is 35.9 Å². The normalized spacial score (nSPS) is 10.3. The van der Waals surface area contributed by atoms with E-state index in [1.165, 1.54) is 0 Å². The molecular weight excluding hydrogens is 190 g/mol. The molecule has 3 nitrogen and oxygen atoms in total. The first-order chi connectivity index (χ1) is 7.26. The molecular formula is C12H15NO2. The van der Waals surface area contributed by atoms with Gasteiger partial charge in [0.15, 0.2) is 6.61 Å². The van der Waals surface area contributed by atoms with Crippen LogP contribution in [0.3, 0.4) is 0 Å². The van der Waals surface area contributed by atoms with E-state index in [1.54, 1.807) is 7.05 Å². The summed E-state index contributed by atoms with van der Waals surface area (Å²) in [7, 11) is 1.58. The highest BCUT2D eigenvalue weighted by Crippen LogP contribution is 2.12. The number of nitrogens with one attached hydrogen (secondary N) is 1. The van der Waals surface area contributed by atoms with Gasteiger partial charge in [0.25, 0.3) is 5.91 Å². The van der Waals surface area contributed by atoms with Crippen molar-refractivity contribution in [1.29, 1.82) is 0 Å². The van der Waals surface area contributed by atoms with Gasteiger partial charge >= 0.3 is 0 Å². The van der Waals surface area contributed by atoms with Crippen molar-refractivity contribution in [1.82, 2.24) is 5.32 Å². The molecule has 1 rings (SSSR count). The molecule has 15 heavy (non-hydrogen) atoms. The minimum absolute atomic E-state index is 0.0550. The third kappa shape index (κ3) is 3.85. The van der Waals surface area contributed by atoms with Crippen LogP contribution in [0.2, 0.25) is 0 Å². The lowest BCUT2D eigenvalue weighted by Crippen LogP contribution is -2.24. The Bertz CT molecular complexity index is 341. The maximum atomic E-state index is 10.9. The van der Waals surface area contributed by atoms with Crippen molar-refractivity contribution >= 4 is 12.0 Å². The molecule has 0 unspecified atom stereocenters. The molecule has 0 aromatic heterocycles. The smallest absolute Gasteiger partial charge is 0.257 e. The Kier molecular flexibility index (Phi) is 4.41. The molecule has 1 amide bonds. The zero-order valence-corrected chi connectivity index (χ0v) is 8.99. The topological polar surface area (TPSA) is 38.3 Å². The molecule has 0 aliphatic rings. The summed E-state index contributed by atoms with van der Waals surface area (Å²) in [5.74, 6) is 0.569. The standard InChI is InChI=1S/C12H15NO2/c1-3-4-10-5-7-11(8-6-10)15-9-12(14)13-2/h3-8H,9H2,1-2H3,(H,13,14)/b4-3+. The van der Waals surface area contributed by atoms with Crippen LogP contribution in [0.5, 0.6) is 5.75 Å². The third-order valence-corrected chi connectivity index (χ3v) is 1.89. The van der Waals surface area contributed by atoms with E-state index in [-0.39, 0.29) is 12.5 Å². The van der Waals surface area contributed by atoms with Crippen LogP contribution in [-0.4, -0.2) is 19.6 Å². The monoisotopic (exact) mass is 205 g/mol. The van der Waals surface area contributed by atoms with Crippen molar-refractivity contribution < 1.29 is 9.53 Å². The number of likely N-dealkylation sites (N-methyl/N-ethyl adjacent to an activating group) is 1. The van der Waals surface area contributed by atoms with Gasteiger partial charge in [0.2, 0.25) is 0 Å². The van der Waals surface area contributed by atoms with Gasteiger partial charge in [-0.2, -0.15) is 0 Å². The zero-order chi connectivity index (χ0) is 11.1. The van der Waals surface area contributed by atoms with E-state index in [2.05, 4.69) is 5.32 Å². The number of hydrogen-bond donors (Lipinski definition) is 1. The number of rotatable bonds is 4. The molecule has 3 heteroatoms. The number of amides is 1. The van der Waals surface area contributed by atoms with Crippen molar-refractivity contribution in [2.24, 2.45) is 0 Å². The highest BCUT2D eigenvalue weighted by Gasteiger charge is 1.98. The van der Waals surface area contributed by atoms with E-state index in [0.717, 1.165) is 5.56 Å². The number of benzene rings is 1. The molecule has 0 saturated heterocycles. The van der Waals surface area contributed by atoms with Gasteiger partial charge in [-0.05, 0) is 24.6 Å². The first-order valence-electron chi connectivity index (χ1n) is 4.82. The van der Waals surface area contributed by atoms with Crippen molar-refractivity contribution in [3.63, 3.8) is 0 Å². The zero-order valence-electron chi connectivity index (χ0n) is 8.99. The first-order valence-corrected chi connectivity index (χ1v) is 4.82. The van der Waals surface area contributed by atoms with Crippen LogP contribution in [0.1, 0.15) is 12.5 Å². The van der Waals surface area contributed by atoms with E-state index in [1.807, 2.05) is 43.3 Å². The van der Waals surface area contributed by atoms with Gasteiger partial charge in [0, 0.05) is 7.05 Å². The fraction of sp³-hybridized carbons (Fsp3) is 0.250. The van der Waals surface area contributed by atoms with Crippen LogP contribution in [0.25, 0.3) is 6.08 Å². The predicted octanol–water partition coefficient (Wildman–Crippen LogP) is 1.84. The lowest BCUT2D eigenvalue weighted by molar-refractivity contribution is -0.122. The fourth-order valence-electron chi connectivity index (χ4n) is 1.09. The number of ether oxygens (including phenoxy) is 1. The Morgan fingerprint density at radius 1 is 1.40 bits per heavy atom. The summed E-state index contributed by atoms with van der Waals surface area (Å²) in [5.41, 5.74) is 1.12. The summed E-state index contributed by atoms with van der Waals surface area (Å²) in [6.45, 7) is 2.02. The molecule has 0 radical (unpaired) electrons. The highest BCUT2D eigenvalue weighted by atomic mass is 16.5. The molecule has 1 N–H and O–H groups in total. The molecule has 80 valence electrons. The van der Waals surface area contributed by atoms with Gasteiger partial charge in [-0.1, -0.05) is 24.3 Å². The molecule has 0 heterocycles. The minimum atomic E-state index is -0.132. The molecule has 0 aliphatic heterocycles. The van der Waals surface area contributed by atoms with Gasteiger partial charge < -0.3 is 10.1 Å². The quantitative estimate of drug-likeness (QED) is 0.814. The van der Waals surface area contributed by atoms with Crippen molar-refractivity contribution in [2.45, 2.75) is 6.92 Å². The van der Waals surface area contributed by atoms with Gasteiger partial charge in [-0.15, -0.1) is 0 Å². The molecule has 0 spiro atoms. The lowest BCUT2D eigenvalue weighted by Gasteiger charge is -2.04. The average Bonchev–Trinajstić information content (AvgIpc) is 2.28. The largest absolute Gasteiger partial charge is 0.484 e. The molecule has 0 saturated carbocycles. The Hall–Kier alpha value is -1.77. The second-order valence-electron chi connectivity index (χ2n) is 3.03. The number of carbonyl (C=O) groups excluding carboxylic acids is 1. The molecule has 1 aromatic carbocycles. The van der Waals surface area contributed by atoms with Gasteiger partial charge in [-0.3, -0.25) is 4.79 Å². The summed E-state index contributed by atoms with van der Waals surface area (Å²) in [4.78, 5) is 10.9. The average molecular weight is 205 g/mol. The minimum Gasteiger partial charge on any atom is -0.484 e. The Labute approximate surface area is 89.8 Å². The summed E-state index contributed by atoms with van der Waals surface area (Å²) in [5, 5.41) is 2.49. The predicted molar refractivity (Wildman–Crippen MR) is 60.7 cm³/mol. The maximum Gasteiger partial charge on any atom is 0.257 e. The number of hydrogen-bond acceptors (Lipinski definition) is 2. The molecule has 0 atom stereocenters. The fourth-order valence-corrected chi connectivity index (χ4v) is 1.09. The second kappa shape index (κ2) is 5.86. The Balaban J connectivity index is 2.53. The maximum absolute atomic E-state index is 10.9. The van der Waals surface area contributed by atoms with E-state index in [0.29, 0.717) is 5.75 Å². The van der Waals surface area contributed by atoms with Crippen LogP contribution in [0, 0.1) is 0 Å². The Morgan fingerprint density at radius 3 is 2.60 bits per heavy atom. The molecule has 0 bridgehead atoms. The Morgan fingerprint density at radius 2 is 2.07 bits per heavy atom. The van der Waals surface area contributed by atoms with Crippen LogP contribution in [-0.2, 0) is 4.79 Å². The van der Waals surface area contributed by atoms with E-state index in [4.69, 9.17) is 4.74 Å². The third-order valence-electron chi connectivity index (χ3n) is 1.89. The van der Waals surface area contributed by atoms with Crippen LogP contribution in [0.4, 0.5) is 0 Å².